The highest BCUT2D eigenvalue weighted by Gasteiger charge is 2.40. The number of nitrogens with one attached hydrogen (secondary N) is 3. The second kappa shape index (κ2) is 17.9. The van der Waals surface area contributed by atoms with E-state index in [9.17, 15) is 19.5 Å². The highest BCUT2D eigenvalue weighted by Crippen LogP contribution is 2.41. The number of rotatable bonds is 14. The third-order valence-corrected chi connectivity index (χ3v) is 16.7. The van der Waals surface area contributed by atoms with E-state index in [1.165, 1.54) is 6.07 Å². The van der Waals surface area contributed by atoms with Crippen LogP contribution < -0.4 is 16.2 Å². The number of nitrogens with zero attached hydrogens (tertiary/aromatic N) is 2. The second-order valence-electron chi connectivity index (χ2n) is 17.3. The van der Waals surface area contributed by atoms with Crippen molar-refractivity contribution in [1.82, 2.24) is 20.1 Å². The van der Waals surface area contributed by atoms with Crippen molar-refractivity contribution in [1.29, 1.82) is 0 Å². The molecule has 0 aliphatic carbocycles. The summed E-state index contributed by atoms with van der Waals surface area (Å²) >= 11 is 0. The fourth-order valence-corrected chi connectivity index (χ4v) is 9.06. The lowest BCUT2D eigenvalue weighted by molar-refractivity contribution is 0.0528. The van der Waals surface area contributed by atoms with E-state index in [1.54, 1.807) is 12.1 Å². The van der Waals surface area contributed by atoms with Crippen molar-refractivity contribution in [3.63, 3.8) is 0 Å². The van der Waals surface area contributed by atoms with Crippen LogP contribution in [0.1, 0.15) is 66.8 Å². The molecule has 1 aromatic heterocycles. The van der Waals surface area contributed by atoms with Gasteiger partial charge in [-0.2, -0.15) is 0 Å². The van der Waals surface area contributed by atoms with Gasteiger partial charge in [-0.15, -0.1) is 0 Å². The molecule has 5 aromatic rings. The summed E-state index contributed by atoms with van der Waals surface area (Å²) in [7, 11) is -2.20. The first-order valence-electron chi connectivity index (χ1n) is 20.7. The van der Waals surface area contributed by atoms with Gasteiger partial charge in [0.25, 0.3) is 5.91 Å². The van der Waals surface area contributed by atoms with E-state index < -0.39 is 14.4 Å². The number of fused-ring (bicyclic) bond motifs is 2. The molecular weight excluding hydrogens is 759 g/mol. The van der Waals surface area contributed by atoms with Crippen molar-refractivity contribution in [2.45, 2.75) is 76.9 Å². The second-order valence-corrected chi connectivity index (χ2v) is 22.1. The van der Waals surface area contributed by atoms with E-state index in [2.05, 4.69) is 66.5 Å². The Kier molecular flexibility index (Phi) is 12.7. The molecule has 0 spiro atoms. The van der Waals surface area contributed by atoms with Gasteiger partial charge >= 0.3 is 6.09 Å². The summed E-state index contributed by atoms with van der Waals surface area (Å²) in [5, 5.41) is 17.9. The highest BCUT2D eigenvalue weighted by atomic mass is 28.4. The normalized spacial score (nSPS) is 15.7. The van der Waals surface area contributed by atoms with Crippen LogP contribution in [0.4, 0.5) is 10.5 Å². The van der Waals surface area contributed by atoms with Crippen molar-refractivity contribution in [3.8, 4) is 16.9 Å². The zero-order valence-corrected chi connectivity index (χ0v) is 35.8. The number of carbonyl (C=O) groups is 2. The molecule has 1 saturated heterocycles. The van der Waals surface area contributed by atoms with Gasteiger partial charge < -0.3 is 34.4 Å². The van der Waals surface area contributed by atoms with Crippen LogP contribution in [0.3, 0.4) is 0 Å². The number of hydrogen-bond donors (Lipinski definition) is 4. The summed E-state index contributed by atoms with van der Waals surface area (Å²) < 4.78 is 12.8. The molecule has 4 aromatic carbocycles. The summed E-state index contributed by atoms with van der Waals surface area (Å²) in [5.41, 5.74) is 6.76. The maximum atomic E-state index is 13.4. The Balaban J connectivity index is 0.880. The van der Waals surface area contributed by atoms with Crippen LogP contribution in [0.15, 0.2) is 102 Å². The molecule has 1 fully saturated rings. The predicted molar refractivity (Wildman–Crippen MR) is 236 cm³/mol. The Morgan fingerprint density at radius 1 is 0.915 bits per heavy atom. The van der Waals surface area contributed by atoms with Gasteiger partial charge in [-0.25, -0.2) is 4.79 Å². The maximum absolute atomic E-state index is 13.4. The Morgan fingerprint density at radius 3 is 2.42 bits per heavy atom. The first kappa shape index (κ1) is 41.9. The first-order valence-corrected chi connectivity index (χ1v) is 23.7. The molecule has 0 bridgehead atoms. The molecule has 2 aliphatic heterocycles. The zero-order valence-electron chi connectivity index (χ0n) is 34.8. The van der Waals surface area contributed by atoms with Crippen molar-refractivity contribution >= 4 is 36.9 Å². The van der Waals surface area contributed by atoms with Crippen molar-refractivity contribution in [3.05, 3.63) is 130 Å². The number of amides is 2. The molecular formula is C47H57N5O6Si. The number of ether oxygens (including phenoxy) is 1. The molecule has 11 nitrogen and oxygen atoms in total. The number of aromatic amines is 1. The largest absolute Gasteiger partial charge is 0.506 e. The average molecular weight is 816 g/mol. The Morgan fingerprint density at radius 2 is 1.66 bits per heavy atom. The van der Waals surface area contributed by atoms with Crippen LogP contribution in [0.5, 0.6) is 5.75 Å². The van der Waals surface area contributed by atoms with E-state index in [0.717, 1.165) is 83.4 Å². The minimum absolute atomic E-state index is 0.00918. The smallest absolute Gasteiger partial charge is 0.411 e. The van der Waals surface area contributed by atoms with Gasteiger partial charge in [0.15, 0.2) is 8.32 Å². The number of aromatic nitrogens is 1. The van der Waals surface area contributed by atoms with Gasteiger partial charge in [-0.3, -0.25) is 14.9 Å². The molecule has 7 rings (SSSR count). The quantitative estimate of drug-likeness (QED) is 0.0648. The Labute approximate surface area is 347 Å². The van der Waals surface area contributed by atoms with Crippen LogP contribution in [0.2, 0.25) is 18.1 Å². The van der Waals surface area contributed by atoms with Crippen LogP contribution in [0.25, 0.3) is 22.0 Å². The van der Waals surface area contributed by atoms with E-state index in [4.69, 9.17) is 9.16 Å². The summed E-state index contributed by atoms with van der Waals surface area (Å²) in [4.78, 5) is 45.4. The van der Waals surface area contributed by atoms with Crippen molar-refractivity contribution in [2.24, 2.45) is 0 Å². The lowest BCUT2D eigenvalue weighted by Crippen LogP contribution is -2.43. The number of phenols is 1. The lowest BCUT2D eigenvalue weighted by Gasteiger charge is -2.39. The maximum Gasteiger partial charge on any atom is 0.411 e. The third kappa shape index (κ3) is 9.96. The fraction of sp³-hybridized carbons (Fsp3) is 0.383. The van der Waals surface area contributed by atoms with Gasteiger partial charge in [0.1, 0.15) is 11.9 Å². The number of phenolic OH excluding ortho intramolecular Hbond substituents is 1. The number of carbonyl (C=O) groups excluding carboxylic acids is 2. The van der Waals surface area contributed by atoms with Crippen LogP contribution in [0, 0.1) is 0 Å². The van der Waals surface area contributed by atoms with Crippen molar-refractivity contribution < 1.29 is 23.9 Å². The minimum atomic E-state index is -2.20. The van der Waals surface area contributed by atoms with Crippen LogP contribution in [-0.4, -0.2) is 85.6 Å². The van der Waals surface area contributed by atoms with Crippen LogP contribution in [-0.2, 0) is 22.1 Å². The summed E-state index contributed by atoms with van der Waals surface area (Å²) in [6, 6.07) is 30.6. The molecule has 12 heteroatoms. The van der Waals surface area contributed by atoms with Gasteiger partial charge in [-0.1, -0.05) is 87.5 Å². The number of H-pyrrole nitrogens is 1. The van der Waals surface area contributed by atoms with Gasteiger partial charge in [0, 0.05) is 61.8 Å². The topological polar surface area (TPSA) is 136 Å². The van der Waals surface area contributed by atoms with Gasteiger partial charge in [-0.05, 0) is 90.5 Å². The first-order chi connectivity index (χ1) is 28.3. The van der Waals surface area contributed by atoms with Gasteiger partial charge in [0.05, 0.1) is 17.3 Å². The molecule has 3 heterocycles. The van der Waals surface area contributed by atoms with E-state index >= 15 is 0 Å². The number of pyridine rings is 1. The van der Waals surface area contributed by atoms with Crippen molar-refractivity contribution in [2.75, 3.05) is 44.6 Å². The molecule has 0 radical (unpaired) electrons. The fourth-order valence-electron chi connectivity index (χ4n) is 7.79. The molecule has 0 saturated carbocycles. The summed E-state index contributed by atoms with van der Waals surface area (Å²) in [5.74, 6) is 0.105. The Hall–Kier alpha value is -5.27. The van der Waals surface area contributed by atoms with E-state index in [0.29, 0.717) is 31.7 Å². The number of para-hydroxylation sites is 1. The standard InChI is InChI=1S/C47H57N5O6Si/c1-47(2,3)59(4,5)58-42(38-17-19-41(53)44-39(38)18-20-43(54)50-44)30-48-24-21-32-15-16-37-34(29-32)31-52(45(37)55)28-27-51-25-22-35(23-26-51)57-46(56)49-40-14-10-9-13-36(40)33-11-7-6-8-12-33/h6-20,29,35,42,48,53H,21-28,30-31H2,1-5H3,(H,49,56)(H,50,54)/t42-/m0/s1. The number of hydrogen-bond acceptors (Lipinski definition) is 8. The molecule has 1 atom stereocenters. The molecule has 2 amide bonds. The molecule has 59 heavy (non-hydrogen) atoms. The highest BCUT2D eigenvalue weighted by molar-refractivity contribution is 6.74. The van der Waals surface area contributed by atoms with Crippen LogP contribution >= 0.6 is 0 Å². The van der Waals surface area contributed by atoms with E-state index in [1.807, 2.05) is 71.6 Å². The molecule has 4 N–H and O–H groups in total. The van der Waals surface area contributed by atoms with Gasteiger partial charge in [0.2, 0.25) is 5.56 Å². The average Bonchev–Trinajstić information content (AvgIpc) is 3.53. The van der Waals surface area contributed by atoms with E-state index in [-0.39, 0.29) is 34.5 Å². The minimum Gasteiger partial charge on any atom is -0.506 e. The summed E-state index contributed by atoms with van der Waals surface area (Å²) in [6.07, 6.45) is 1.39. The Bertz CT molecular complexity index is 2330. The lowest BCUT2D eigenvalue weighted by atomic mass is 10.0. The molecule has 2 aliphatic rings. The molecule has 0 unspecified atom stereocenters. The summed E-state index contributed by atoms with van der Waals surface area (Å²) in [6.45, 7) is 16.0. The number of aromatic hydroxyl groups is 1. The monoisotopic (exact) mass is 815 g/mol. The number of piperidine rings is 1. The molecule has 310 valence electrons. The third-order valence-electron chi connectivity index (χ3n) is 12.2. The number of benzene rings is 4. The predicted octanol–water partition coefficient (Wildman–Crippen LogP) is 8.46. The number of likely N-dealkylation sites (tertiary alicyclic amines) is 1. The number of anilines is 1. The zero-order chi connectivity index (χ0) is 41.7. The SMILES string of the molecule is CC(C)(C)[Si](C)(C)O[C@@H](CNCCc1ccc2c(c1)CN(CCN1CCC(OC(=O)Nc3ccccc3-c3ccccc3)CC1)C2=O)c1ccc(O)c2[nH]c(=O)ccc12.